The van der Waals surface area contributed by atoms with Crippen molar-refractivity contribution < 1.29 is 13.2 Å². The zero-order valence-corrected chi connectivity index (χ0v) is 14.3. The Hall–Kier alpha value is -1.11. The van der Waals surface area contributed by atoms with E-state index in [4.69, 9.17) is 11.6 Å². The molecular weight excluding hydrogens is 312 g/mol. The molecule has 0 atom stereocenters. The van der Waals surface area contributed by atoms with Crippen molar-refractivity contribution in [1.82, 2.24) is 9.62 Å². The first-order chi connectivity index (χ1) is 9.50. The van der Waals surface area contributed by atoms with E-state index in [9.17, 15) is 13.2 Å². The Morgan fingerprint density at radius 3 is 2.19 bits per heavy atom. The van der Waals surface area contributed by atoms with Crippen LogP contribution < -0.4 is 5.32 Å². The molecule has 0 saturated carbocycles. The van der Waals surface area contributed by atoms with Crippen LogP contribution in [-0.2, 0) is 21.4 Å². The monoisotopic (exact) mass is 332 g/mol. The van der Waals surface area contributed by atoms with Crippen molar-refractivity contribution in [3.05, 3.63) is 34.9 Å². The van der Waals surface area contributed by atoms with Crippen molar-refractivity contribution in [1.29, 1.82) is 0 Å². The smallest absolute Gasteiger partial charge is 0.235 e. The Labute approximate surface area is 131 Å². The molecule has 1 aromatic rings. The van der Waals surface area contributed by atoms with E-state index in [1.165, 1.54) is 4.31 Å². The van der Waals surface area contributed by atoms with Gasteiger partial charge in [-0.25, -0.2) is 8.42 Å². The van der Waals surface area contributed by atoms with Crippen molar-refractivity contribution in [2.24, 2.45) is 0 Å². The number of halogens is 1. The number of hydrogen-bond acceptors (Lipinski definition) is 3. The maximum atomic E-state index is 11.9. The van der Waals surface area contributed by atoms with Gasteiger partial charge in [-0.2, -0.15) is 4.31 Å². The number of nitrogens with zero attached hydrogens (tertiary/aromatic N) is 1. The highest BCUT2D eigenvalue weighted by atomic mass is 35.5. The van der Waals surface area contributed by atoms with Gasteiger partial charge in [-0.1, -0.05) is 23.7 Å². The summed E-state index contributed by atoms with van der Waals surface area (Å²) in [6, 6.07) is 7.09. The summed E-state index contributed by atoms with van der Waals surface area (Å²) in [5.41, 5.74) is 0.250. The topological polar surface area (TPSA) is 66.5 Å². The van der Waals surface area contributed by atoms with Crippen LogP contribution in [0.5, 0.6) is 0 Å². The Kier molecular flexibility index (Phi) is 5.78. The van der Waals surface area contributed by atoms with Crippen LogP contribution in [0.4, 0.5) is 0 Å². The van der Waals surface area contributed by atoms with Gasteiger partial charge in [0.2, 0.25) is 15.9 Å². The van der Waals surface area contributed by atoms with Crippen molar-refractivity contribution >= 4 is 27.5 Å². The molecule has 1 amide bonds. The lowest BCUT2D eigenvalue weighted by Crippen LogP contribution is -2.49. The summed E-state index contributed by atoms with van der Waals surface area (Å²) in [7, 11) is -3.45. The molecule has 0 radical (unpaired) electrons. The second kappa shape index (κ2) is 6.77. The lowest BCUT2D eigenvalue weighted by molar-refractivity contribution is -0.122. The third-order valence-electron chi connectivity index (χ3n) is 2.84. The first-order valence-corrected chi connectivity index (χ1v) is 8.72. The predicted molar refractivity (Wildman–Crippen MR) is 84.6 cm³/mol. The van der Waals surface area contributed by atoms with Gasteiger partial charge in [-0.3, -0.25) is 4.79 Å². The Morgan fingerprint density at radius 1 is 1.24 bits per heavy atom. The minimum atomic E-state index is -3.45. The summed E-state index contributed by atoms with van der Waals surface area (Å²) in [6.45, 7) is 5.38. The average molecular weight is 333 g/mol. The SMILES string of the molecule is CC(C)(C)N(CC(=O)NCc1ccc(Cl)cc1)S(C)(=O)=O. The predicted octanol–water partition coefficient (Wildman–Crippen LogP) is 2.02. The number of sulfonamides is 1. The van der Waals surface area contributed by atoms with Crippen LogP contribution in [0.1, 0.15) is 26.3 Å². The molecule has 21 heavy (non-hydrogen) atoms. The number of hydrogen-bond donors (Lipinski definition) is 1. The zero-order valence-electron chi connectivity index (χ0n) is 12.7. The van der Waals surface area contributed by atoms with Gasteiger partial charge in [0.15, 0.2) is 0 Å². The molecule has 7 heteroatoms. The van der Waals surface area contributed by atoms with Crippen molar-refractivity contribution in [3.8, 4) is 0 Å². The molecule has 118 valence electrons. The first kappa shape index (κ1) is 17.9. The second-order valence-electron chi connectivity index (χ2n) is 5.84. The molecule has 0 aliphatic heterocycles. The summed E-state index contributed by atoms with van der Waals surface area (Å²) in [5, 5.41) is 3.33. The molecule has 1 aromatic carbocycles. The minimum absolute atomic E-state index is 0.198. The normalized spacial score (nSPS) is 12.5. The fourth-order valence-electron chi connectivity index (χ4n) is 1.84. The van der Waals surface area contributed by atoms with Gasteiger partial charge in [-0.15, -0.1) is 0 Å². The highest BCUT2D eigenvalue weighted by Gasteiger charge is 2.31. The summed E-state index contributed by atoms with van der Waals surface area (Å²) in [4.78, 5) is 11.9. The number of carbonyl (C=O) groups is 1. The standard InChI is InChI=1S/C14H21ClN2O3S/c1-14(2,3)17(21(4,19)20)10-13(18)16-9-11-5-7-12(15)8-6-11/h5-8H,9-10H2,1-4H3,(H,16,18). The molecule has 0 heterocycles. The van der Waals surface area contributed by atoms with Crippen LogP contribution in [0.15, 0.2) is 24.3 Å². The fourth-order valence-corrected chi connectivity index (χ4v) is 3.31. The largest absolute Gasteiger partial charge is 0.351 e. The molecule has 0 saturated heterocycles. The molecule has 0 spiro atoms. The van der Waals surface area contributed by atoms with Crippen molar-refractivity contribution in [3.63, 3.8) is 0 Å². The third kappa shape index (κ3) is 6.03. The number of carbonyl (C=O) groups excluding carboxylic acids is 1. The van der Waals surface area contributed by atoms with Crippen LogP contribution in [0.3, 0.4) is 0 Å². The van der Waals surface area contributed by atoms with E-state index >= 15 is 0 Å². The lowest BCUT2D eigenvalue weighted by atomic mass is 10.1. The number of rotatable bonds is 5. The third-order valence-corrected chi connectivity index (χ3v) is 4.57. The van der Waals surface area contributed by atoms with E-state index in [1.807, 2.05) is 0 Å². The molecule has 5 nitrogen and oxygen atoms in total. The van der Waals surface area contributed by atoms with E-state index in [1.54, 1.807) is 45.0 Å². The molecule has 0 fully saturated rings. The molecular formula is C14H21ClN2O3S. The van der Waals surface area contributed by atoms with Gasteiger partial charge in [0.1, 0.15) is 0 Å². The lowest BCUT2D eigenvalue weighted by Gasteiger charge is -2.32. The van der Waals surface area contributed by atoms with Crippen LogP contribution in [0.2, 0.25) is 5.02 Å². The molecule has 1 rings (SSSR count). The van der Waals surface area contributed by atoms with Crippen LogP contribution >= 0.6 is 11.6 Å². The summed E-state index contributed by atoms with van der Waals surface area (Å²) >= 11 is 5.78. The summed E-state index contributed by atoms with van der Waals surface area (Å²) < 4.78 is 24.7. The van der Waals surface area contributed by atoms with Crippen LogP contribution in [-0.4, -0.2) is 37.0 Å². The van der Waals surface area contributed by atoms with E-state index in [-0.39, 0.29) is 12.5 Å². The minimum Gasteiger partial charge on any atom is -0.351 e. The van der Waals surface area contributed by atoms with Gasteiger partial charge < -0.3 is 5.32 Å². The van der Waals surface area contributed by atoms with E-state index in [0.29, 0.717) is 11.6 Å². The molecule has 1 N–H and O–H groups in total. The Balaban J connectivity index is 2.65. The number of amides is 1. The molecule has 0 aromatic heterocycles. The average Bonchev–Trinajstić information content (AvgIpc) is 2.32. The Bertz CT molecular complexity index is 592. The fraction of sp³-hybridized carbons (Fsp3) is 0.500. The van der Waals surface area contributed by atoms with E-state index in [2.05, 4.69) is 5.32 Å². The van der Waals surface area contributed by atoms with Crippen molar-refractivity contribution in [2.45, 2.75) is 32.9 Å². The number of benzene rings is 1. The van der Waals surface area contributed by atoms with Gasteiger partial charge in [0, 0.05) is 17.1 Å². The molecule has 0 aliphatic rings. The van der Waals surface area contributed by atoms with Gasteiger partial charge >= 0.3 is 0 Å². The van der Waals surface area contributed by atoms with E-state index < -0.39 is 15.6 Å². The molecule has 0 aliphatic carbocycles. The quantitative estimate of drug-likeness (QED) is 0.897. The van der Waals surface area contributed by atoms with Crippen molar-refractivity contribution in [2.75, 3.05) is 12.8 Å². The second-order valence-corrected chi connectivity index (χ2v) is 8.19. The molecule has 0 bridgehead atoms. The van der Waals surface area contributed by atoms with Crippen LogP contribution in [0.25, 0.3) is 0 Å². The Morgan fingerprint density at radius 2 is 1.76 bits per heavy atom. The first-order valence-electron chi connectivity index (χ1n) is 6.49. The number of nitrogens with one attached hydrogen (secondary N) is 1. The maximum absolute atomic E-state index is 11.9. The van der Waals surface area contributed by atoms with Gasteiger partial charge in [0.05, 0.1) is 12.8 Å². The molecule has 0 unspecified atom stereocenters. The highest BCUT2D eigenvalue weighted by Crippen LogP contribution is 2.16. The highest BCUT2D eigenvalue weighted by molar-refractivity contribution is 7.88. The summed E-state index contributed by atoms with van der Waals surface area (Å²) in [6.07, 6.45) is 1.10. The van der Waals surface area contributed by atoms with E-state index in [0.717, 1.165) is 11.8 Å². The van der Waals surface area contributed by atoms with Crippen LogP contribution in [0, 0.1) is 0 Å². The summed E-state index contributed by atoms with van der Waals surface area (Å²) in [5.74, 6) is -0.342. The van der Waals surface area contributed by atoms with Gasteiger partial charge in [-0.05, 0) is 38.5 Å². The zero-order chi connectivity index (χ0) is 16.3. The van der Waals surface area contributed by atoms with Gasteiger partial charge in [0.25, 0.3) is 0 Å². The maximum Gasteiger partial charge on any atom is 0.235 e.